The van der Waals surface area contributed by atoms with Gasteiger partial charge >= 0.3 is 0 Å². The Morgan fingerprint density at radius 3 is 2.74 bits per heavy atom. The summed E-state index contributed by atoms with van der Waals surface area (Å²) in [5.41, 5.74) is 1.42. The first-order valence-electron chi connectivity index (χ1n) is 7.09. The highest BCUT2D eigenvalue weighted by atomic mass is 16.1. The molecule has 5 heteroatoms. The summed E-state index contributed by atoms with van der Waals surface area (Å²) in [5, 5.41) is 2.75. The molecule has 0 unspecified atom stereocenters. The highest BCUT2D eigenvalue weighted by Gasteiger charge is 2.05. The number of hydrogen-bond donors (Lipinski definition) is 1. The summed E-state index contributed by atoms with van der Waals surface area (Å²) in [6.07, 6.45) is 6.66. The van der Waals surface area contributed by atoms with E-state index in [9.17, 15) is 4.79 Å². The molecule has 2 heterocycles. The minimum atomic E-state index is -0.197. The number of imidazole rings is 1. The number of amides is 1. The molecule has 5 nitrogen and oxygen atoms in total. The van der Waals surface area contributed by atoms with E-state index in [0.29, 0.717) is 11.4 Å². The zero-order valence-electron chi connectivity index (χ0n) is 12.3. The Hall–Kier alpha value is -3.39. The van der Waals surface area contributed by atoms with Crippen LogP contribution in [0.5, 0.6) is 0 Å². The monoisotopic (exact) mass is 302 g/mol. The number of nitrogens with one attached hydrogen (secondary N) is 1. The van der Waals surface area contributed by atoms with Gasteiger partial charge in [0, 0.05) is 24.2 Å². The Kier molecular flexibility index (Phi) is 4.46. The van der Waals surface area contributed by atoms with Crippen molar-refractivity contribution in [1.82, 2.24) is 19.9 Å². The summed E-state index contributed by atoms with van der Waals surface area (Å²) >= 11 is 0. The predicted octanol–water partition coefficient (Wildman–Crippen LogP) is 2.05. The summed E-state index contributed by atoms with van der Waals surface area (Å²) in [7, 11) is 0. The second-order valence-corrected chi connectivity index (χ2v) is 4.73. The van der Waals surface area contributed by atoms with Gasteiger partial charge in [-0.05, 0) is 24.3 Å². The van der Waals surface area contributed by atoms with E-state index in [4.69, 9.17) is 0 Å². The van der Waals surface area contributed by atoms with Crippen molar-refractivity contribution in [2.24, 2.45) is 0 Å². The van der Waals surface area contributed by atoms with Gasteiger partial charge in [-0.2, -0.15) is 0 Å². The van der Waals surface area contributed by atoms with Gasteiger partial charge in [0.2, 0.25) is 0 Å². The topological polar surface area (TPSA) is 59.8 Å². The molecule has 2 aromatic heterocycles. The molecule has 0 radical (unpaired) electrons. The molecule has 0 saturated carbocycles. The van der Waals surface area contributed by atoms with Gasteiger partial charge in [0.1, 0.15) is 12.1 Å². The molecule has 1 amide bonds. The van der Waals surface area contributed by atoms with Gasteiger partial charge < -0.3 is 5.32 Å². The van der Waals surface area contributed by atoms with Crippen LogP contribution in [-0.2, 0) is 0 Å². The van der Waals surface area contributed by atoms with E-state index < -0.39 is 0 Å². The van der Waals surface area contributed by atoms with Crippen LogP contribution in [0.1, 0.15) is 15.9 Å². The van der Waals surface area contributed by atoms with Gasteiger partial charge in [-0.15, -0.1) is 0 Å². The first-order chi connectivity index (χ1) is 11.3. The SMILES string of the molecule is O=C(NCC#Cc1ccccc1)c1ccc(-n2ccnc2)nc1. The van der Waals surface area contributed by atoms with E-state index in [0.717, 1.165) is 5.56 Å². The molecule has 0 aliphatic rings. The smallest absolute Gasteiger partial charge is 0.253 e. The standard InChI is InChI=1S/C18H14N4O/c23-18(20-10-4-7-15-5-2-1-3-6-15)16-8-9-17(21-13-16)22-12-11-19-14-22/h1-3,5-6,8-9,11-14H,10H2,(H,20,23). The predicted molar refractivity (Wildman–Crippen MR) is 87.0 cm³/mol. The largest absolute Gasteiger partial charge is 0.341 e. The normalized spacial score (nSPS) is 9.74. The maximum absolute atomic E-state index is 12.0. The van der Waals surface area contributed by atoms with Crippen LogP contribution in [0.2, 0.25) is 0 Å². The molecule has 112 valence electrons. The molecule has 3 aromatic rings. The van der Waals surface area contributed by atoms with E-state index in [-0.39, 0.29) is 12.5 Å². The Balaban J connectivity index is 1.57. The van der Waals surface area contributed by atoms with Gasteiger partial charge in [-0.1, -0.05) is 30.0 Å². The molecule has 0 atom stereocenters. The van der Waals surface area contributed by atoms with E-state index in [1.807, 2.05) is 30.3 Å². The number of pyridine rings is 1. The molecule has 1 N–H and O–H groups in total. The maximum Gasteiger partial charge on any atom is 0.253 e. The lowest BCUT2D eigenvalue weighted by molar-refractivity contribution is 0.0958. The van der Waals surface area contributed by atoms with Crippen LogP contribution in [-0.4, -0.2) is 27.0 Å². The van der Waals surface area contributed by atoms with Crippen molar-refractivity contribution in [3.8, 4) is 17.7 Å². The van der Waals surface area contributed by atoms with Gasteiger partial charge in [0.25, 0.3) is 5.91 Å². The van der Waals surface area contributed by atoms with Gasteiger partial charge in [-0.3, -0.25) is 9.36 Å². The fourth-order valence-corrected chi connectivity index (χ4v) is 1.96. The minimum Gasteiger partial charge on any atom is -0.341 e. The Morgan fingerprint density at radius 2 is 2.04 bits per heavy atom. The number of carbonyl (C=O) groups is 1. The molecular formula is C18H14N4O. The van der Waals surface area contributed by atoms with Crippen LogP contribution in [0, 0.1) is 11.8 Å². The van der Waals surface area contributed by atoms with E-state index >= 15 is 0 Å². The Bertz CT molecular complexity index is 828. The second kappa shape index (κ2) is 7.05. The van der Waals surface area contributed by atoms with Gasteiger partial charge in [-0.25, -0.2) is 9.97 Å². The molecule has 0 bridgehead atoms. The number of hydrogen-bond acceptors (Lipinski definition) is 3. The number of aromatic nitrogens is 3. The Labute approximate surface area is 134 Å². The second-order valence-electron chi connectivity index (χ2n) is 4.73. The third-order valence-electron chi connectivity index (χ3n) is 3.12. The average molecular weight is 302 g/mol. The molecule has 0 spiro atoms. The van der Waals surface area contributed by atoms with Crippen LogP contribution in [0.4, 0.5) is 0 Å². The zero-order chi connectivity index (χ0) is 15.9. The first-order valence-corrected chi connectivity index (χ1v) is 7.09. The molecule has 3 rings (SSSR count). The summed E-state index contributed by atoms with van der Waals surface area (Å²) in [5.74, 6) is 6.42. The maximum atomic E-state index is 12.0. The number of benzene rings is 1. The molecule has 0 saturated heterocycles. The number of nitrogens with zero attached hydrogens (tertiary/aromatic N) is 3. The third kappa shape index (κ3) is 3.83. The molecule has 1 aromatic carbocycles. The summed E-state index contributed by atoms with van der Waals surface area (Å²) in [4.78, 5) is 20.2. The average Bonchev–Trinajstić information content (AvgIpc) is 3.14. The van der Waals surface area contributed by atoms with Crippen molar-refractivity contribution in [2.75, 3.05) is 6.54 Å². The molecule has 23 heavy (non-hydrogen) atoms. The van der Waals surface area contributed by atoms with Gasteiger partial charge in [0.05, 0.1) is 12.1 Å². The Morgan fingerprint density at radius 1 is 1.17 bits per heavy atom. The number of carbonyl (C=O) groups excluding carboxylic acids is 1. The zero-order valence-corrected chi connectivity index (χ0v) is 12.3. The van der Waals surface area contributed by atoms with E-state index in [1.54, 1.807) is 35.4 Å². The van der Waals surface area contributed by atoms with E-state index in [2.05, 4.69) is 27.1 Å². The number of rotatable bonds is 3. The summed E-state index contributed by atoms with van der Waals surface area (Å²) in [6, 6.07) is 13.1. The molecule has 0 aliphatic heterocycles. The van der Waals surface area contributed by atoms with Crippen LogP contribution in [0.25, 0.3) is 5.82 Å². The van der Waals surface area contributed by atoms with Crippen LogP contribution < -0.4 is 5.32 Å². The minimum absolute atomic E-state index is 0.197. The van der Waals surface area contributed by atoms with Crippen molar-refractivity contribution >= 4 is 5.91 Å². The highest BCUT2D eigenvalue weighted by molar-refractivity contribution is 5.94. The summed E-state index contributed by atoms with van der Waals surface area (Å²) < 4.78 is 1.77. The van der Waals surface area contributed by atoms with Crippen LogP contribution in [0.15, 0.2) is 67.4 Å². The fourth-order valence-electron chi connectivity index (χ4n) is 1.96. The molecule has 0 fully saturated rings. The van der Waals surface area contributed by atoms with Crippen LogP contribution >= 0.6 is 0 Å². The van der Waals surface area contributed by atoms with E-state index in [1.165, 1.54) is 6.20 Å². The van der Waals surface area contributed by atoms with Crippen LogP contribution in [0.3, 0.4) is 0 Å². The lowest BCUT2D eigenvalue weighted by atomic mass is 10.2. The molecular weight excluding hydrogens is 288 g/mol. The first kappa shape index (κ1) is 14.5. The molecule has 0 aliphatic carbocycles. The lowest BCUT2D eigenvalue weighted by Gasteiger charge is -2.03. The van der Waals surface area contributed by atoms with Crippen molar-refractivity contribution in [1.29, 1.82) is 0 Å². The fraction of sp³-hybridized carbons (Fsp3) is 0.0556. The van der Waals surface area contributed by atoms with Crippen molar-refractivity contribution in [3.63, 3.8) is 0 Å². The summed E-state index contributed by atoms with van der Waals surface area (Å²) in [6.45, 7) is 0.289. The quantitative estimate of drug-likeness (QED) is 0.753. The van der Waals surface area contributed by atoms with Gasteiger partial charge in [0.15, 0.2) is 0 Å². The van der Waals surface area contributed by atoms with Crippen molar-refractivity contribution in [2.45, 2.75) is 0 Å². The van der Waals surface area contributed by atoms with Crippen molar-refractivity contribution in [3.05, 3.63) is 78.5 Å². The third-order valence-corrected chi connectivity index (χ3v) is 3.12. The highest BCUT2D eigenvalue weighted by Crippen LogP contribution is 2.05. The van der Waals surface area contributed by atoms with Crippen molar-refractivity contribution < 1.29 is 4.79 Å². The lowest BCUT2D eigenvalue weighted by Crippen LogP contribution is -2.23.